The van der Waals surface area contributed by atoms with E-state index in [9.17, 15) is 0 Å². The zero-order valence-electron chi connectivity index (χ0n) is 30.1. The summed E-state index contributed by atoms with van der Waals surface area (Å²) >= 11 is 0. The number of benzene rings is 7. The van der Waals surface area contributed by atoms with Crippen LogP contribution in [0, 0.1) is 0 Å². The molecular formula is C51H35NO2. The highest BCUT2D eigenvalue weighted by atomic mass is 16.3. The molecule has 3 nitrogen and oxygen atoms in total. The molecule has 2 aliphatic carbocycles. The van der Waals surface area contributed by atoms with E-state index in [4.69, 9.17) is 8.83 Å². The lowest BCUT2D eigenvalue weighted by Crippen LogP contribution is -2.15. The molecule has 256 valence electrons. The Morgan fingerprint density at radius 2 is 1.31 bits per heavy atom. The molecule has 0 aliphatic heterocycles. The Morgan fingerprint density at radius 3 is 2.19 bits per heavy atom. The Labute approximate surface area is 312 Å². The maximum atomic E-state index is 6.54. The summed E-state index contributed by atoms with van der Waals surface area (Å²) in [5.74, 6) is 0.190. The van der Waals surface area contributed by atoms with Gasteiger partial charge in [-0.3, -0.25) is 0 Å². The summed E-state index contributed by atoms with van der Waals surface area (Å²) in [6.45, 7) is 4.74. The molecule has 3 heteroatoms. The van der Waals surface area contributed by atoms with Crippen LogP contribution < -0.4 is 0 Å². The number of allylic oxidation sites excluding steroid dienone is 1. The average Bonchev–Trinajstić information content (AvgIpc) is 3.94. The third-order valence-electron chi connectivity index (χ3n) is 12.4. The molecule has 0 N–H and O–H groups in total. The third-order valence-corrected chi connectivity index (χ3v) is 12.4. The smallest absolute Gasteiger partial charge is 0.139 e. The van der Waals surface area contributed by atoms with Gasteiger partial charge in [-0.15, -0.1) is 0 Å². The van der Waals surface area contributed by atoms with Crippen molar-refractivity contribution >= 4 is 60.9 Å². The second-order valence-electron chi connectivity index (χ2n) is 15.6. The Kier molecular flexibility index (Phi) is 5.96. The zero-order chi connectivity index (χ0) is 35.7. The minimum absolute atomic E-state index is 0.190. The third kappa shape index (κ3) is 4.01. The number of hydrogen-bond donors (Lipinski definition) is 0. The van der Waals surface area contributed by atoms with Gasteiger partial charge in [-0.2, -0.15) is 0 Å². The predicted octanol–water partition coefficient (Wildman–Crippen LogP) is 13.8. The van der Waals surface area contributed by atoms with Crippen molar-refractivity contribution in [1.29, 1.82) is 0 Å². The highest BCUT2D eigenvalue weighted by Gasteiger charge is 2.38. The summed E-state index contributed by atoms with van der Waals surface area (Å²) < 4.78 is 15.3. The first-order valence-electron chi connectivity index (χ1n) is 18.9. The Hall–Kier alpha value is -6.58. The summed E-state index contributed by atoms with van der Waals surface area (Å²) in [6.07, 6.45) is 5.61. The maximum Gasteiger partial charge on any atom is 0.139 e. The number of fused-ring (bicyclic) bond motifs is 13. The van der Waals surface area contributed by atoms with Gasteiger partial charge in [0.1, 0.15) is 22.3 Å². The number of aromatic nitrogens is 1. The van der Waals surface area contributed by atoms with Crippen molar-refractivity contribution < 1.29 is 8.83 Å². The summed E-state index contributed by atoms with van der Waals surface area (Å²) in [5.41, 5.74) is 17.7. The van der Waals surface area contributed by atoms with Crippen LogP contribution in [0.1, 0.15) is 47.7 Å². The molecule has 0 saturated carbocycles. The molecule has 0 radical (unpaired) electrons. The summed E-state index contributed by atoms with van der Waals surface area (Å²) in [5, 5.41) is 6.07. The second-order valence-corrected chi connectivity index (χ2v) is 15.6. The van der Waals surface area contributed by atoms with Gasteiger partial charge in [0.05, 0.1) is 5.52 Å². The number of hydrogen-bond acceptors (Lipinski definition) is 2. The topological polar surface area (TPSA) is 31.2 Å². The first-order chi connectivity index (χ1) is 26.5. The van der Waals surface area contributed by atoms with Gasteiger partial charge >= 0.3 is 0 Å². The molecule has 1 unspecified atom stereocenters. The Balaban J connectivity index is 1.01. The van der Waals surface area contributed by atoms with Crippen molar-refractivity contribution in [1.82, 2.24) is 4.57 Å². The lowest BCUT2D eigenvalue weighted by molar-refractivity contribution is 0.656. The predicted molar refractivity (Wildman–Crippen MR) is 223 cm³/mol. The number of nitrogens with zero attached hydrogens (tertiary/aromatic N) is 1. The van der Waals surface area contributed by atoms with Crippen LogP contribution in [0.25, 0.3) is 88.8 Å². The van der Waals surface area contributed by atoms with Crippen molar-refractivity contribution in [3.8, 4) is 27.9 Å². The number of furan rings is 2. The van der Waals surface area contributed by atoms with E-state index >= 15 is 0 Å². The molecule has 0 fully saturated rings. The summed E-state index contributed by atoms with van der Waals surface area (Å²) in [4.78, 5) is 0. The molecule has 0 spiro atoms. The van der Waals surface area contributed by atoms with E-state index in [2.05, 4.69) is 170 Å². The SMILES string of the molecule is CC1(C)c2cc(-c3ccc4c(c3)c3c(n4-c4ccccc4)C=CC(c4cccc5c4oc4ccccc45)C3)ccc2-c2ccc3oc4ccccc4c3c21. The maximum absolute atomic E-state index is 6.54. The van der Waals surface area contributed by atoms with Crippen LogP contribution in [0.15, 0.2) is 161 Å². The lowest BCUT2D eigenvalue weighted by atomic mass is 9.79. The van der Waals surface area contributed by atoms with Crippen molar-refractivity contribution in [2.75, 3.05) is 0 Å². The molecule has 3 aromatic heterocycles. The summed E-state index contributed by atoms with van der Waals surface area (Å²) in [6, 6.07) is 52.8. The lowest BCUT2D eigenvalue weighted by Gasteiger charge is -2.23. The minimum atomic E-state index is -0.192. The molecular weight excluding hydrogens is 659 g/mol. The van der Waals surface area contributed by atoms with Gasteiger partial charge in [-0.1, -0.05) is 117 Å². The first-order valence-corrected chi connectivity index (χ1v) is 18.9. The monoisotopic (exact) mass is 693 g/mol. The fraction of sp³-hybridized carbons (Fsp3) is 0.0980. The molecule has 0 saturated heterocycles. The van der Waals surface area contributed by atoms with Gasteiger partial charge in [-0.25, -0.2) is 0 Å². The highest BCUT2D eigenvalue weighted by molar-refractivity contribution is 6.11. The van der Waals surface area contributed by atoms with E-state index in [1.807, 2.05) is 6.07 Å². The Bertz CT molecular complexity index is 3220. The van der Waals surface area contributed by atoms with Crippen LogP contribution in [0.5, 0.6) is 0 Å². The molecule has 7 aromatic carbocycles. The van der Waals surface area contributed by atoms with Crippen LogP contribution in [-0.4, -0.2) is 4.57 Å². The van der Waals surface area contributed by atoms with Crippen LogP contribution in [0.3, 0.4) is 0 Å². The number of rotatable bonds is 3. The van der Waals surface area contributed by atoms with Gasteiger partial charge in [0, 0.05) is 55.2 Å². The Morgan fingerprint density at radius 1 is 0.593 bits per heavy atom. The van der Waals surface area contributed by atoms with Crippen molar-refractivity contribution in [3.05, 3.63) is 180 Å². The molecule has 10 aromatic rings. The van der Waals surface area contributed by atoms with Crippen molar-refractivity contribution in [2.45, 2.75) is 31.6 Å². The van der Waals surface area contributed by atoms with E-state index < -0.39 is 0 Å². The fourth-order valence-corrected chi connectivity index (χ4v) is 9.87. The van der Waals surface area contributed by atoms with E-state index in [-0.39, 0.29) is 11.3 Å². The quantitative estimate of drug-likeness (QED) is 0.184. The van der Waals surface area contributed by atoms with Crippen molar-refractivity contribution in [2.24, 2.45) is 0 Å². The van der Waals surface area contributed by atoms with Gasteiger partial charge in [-0.05, 0) is 100.0 Å². The van der Waals surface area contributed by atoms with Gasteiger partial charge in [0.25, 0.3) is 0 Å². The van der Waals surface area contributed by atoms with Gasteiger partial charge < -0.3 is 13.4 Å². The van der Waals surface area contributed by atoms with E-state index in [0.717, 1.165) is 28.8 Å². The number of para-hydroxylation sites is 4. The van der Waals surface area contributed by atoms with Crippen LogP contribution in [-0.2, 0) is 11.8 Å². The van der Waals surface area contributed by atoms with E-state index in [1.165, 1.54) is 88.3 Å². The van der Waals surface area contributed by atoms with Crippen LogP contribution in [0.2, 0.25) is 0 Å². The standard InChI is InChI=1S/C51H35NO2/c1-51(2)42-29-31(19-22-35(42)37-23-26-47-48(49(37)51)39-14-7-9-18-46(39)53-47)30-20-24-43-40(27-30)41-28-32(21-25-44(41)52(43)33-11-4-3-5-12-33)34-15-10-16-38-36-13-6-8-17-45(36)54-50(34)38/h3-27,29,32H,28H2,1-2H3. The van der Waals surface area contributed by atoms with Crippen LogP contribution in [0.4, 0.5) is 0 Å². The molecule has 3 heterocycles. The minimum Gasteiger partial charge on any atom is -0.456 e. The van der Waals surface area contributed by atoms with Crippen LogP contribution >= 0.6 is 0 Å². The molecule has 0 bridgehead atoms. The van der Waals surface area contributed by atoms with E-state index in [0.29, 0.717) is 0 Å². The molecule has 0 amide bonds. The summed E-state index contributed by atoms with van der Waals surface area (Å²) in [7, 11) is 0. The molecule has 12 rings (SSSR count). The molecule has 2 aliphatic rings. The second kappa shape index (κ2) is 10.7. The molecule has 54 heavy (non-hydrogen) atoms. The first kappa shape index (κ1) is 29.9. The zero-order valence-corrected chi connectivity index (χ0v) is 30.1. The van der Waals surface area contributed by atoms with Gasteiger partial charge in [0.15, 0.2) is 0 Å². The van der Waals surface area contributed by atoms with Gasteiger partial charge in [0.2, 0.25) is 0 Å². The molecule has 1 atom stereocenters. The van der Waals surface area contributed by atoms with E-state index in [1.54, 1.807) is 0 Å². The highest BCUT2D eigenvalue weighted by Crippen LogP contribution is 2.54. The largest absolute Gasteiger partial charge is 0.456 e. The fourth-order valence-electron chi connectivity index (χ4n) is 9.87. The average molecular weight is 694 g/mol. The normalized spacial score (nSPS) is 15.8. The van der Waals surface area contributed by atoms with Crippen molar-refractivity contribution in [3.63, 3.8) is 0 Å².